The van der Waals surface area contributed by atoms with Crippen LogP contribution in [0, 0.1) is 22.2 Å². The molecule has 2 nitrogen and oxygen atoms in total. The van der Waals surface area contributed by atoms with Gasteiger partial charge in [-0.25, -0.2) is 4.79 Å². The normalized spacial score (nSPS) is 39.1. The molecule has 1 saturated carbocycles. The lowest BCUT2D eigenvalue weighted by atomic mass is 9.52. The molecular formula is C17H28O2. The first-order valence-electron chi connectivity index (χ1n) is 7.36. The van der Waals surface area contributed by atoms with E-state index in [1.165, 1.54) is 0 Å². The predicted molar refractivity (Wildman–Crippen MR) is 77.7 cm³/mol. The van der Waals surface area contributed by atoms with Crippen LogP contribution in [0.1, 0.15) is 61.3 Å². The largest absolute Gasteiger partial charge is 0.451 e. The van der Waals surface area contributed by atoms with E-state index in [2.05, 4.69) is 48.5 Å². The summed E-state index contributed by atoms with van der Waals surface area (Å²) in [5.74, 6) is 0.362. The minimum absolute atomic E-state index is 0.0408. The summed E-state index contributed by atoms with van der Waals surface area (Å²) in [6.07, 6.45) is 5.72. The molecule has 0 N–H and O–H groups in total. The second-order valence-corrected chi connectivity index (χ2v) is 8.55. The van der Waals surface area contributed by atoms with Gasteiger partial charge in [0, 0.05) is 11.5 Å². The number of carbonyl (C=O) groups is 1. The minimum atomic E-state index is -0.402. The molecule has 0 aromatic rings. The van der Waals surface area contributed by atoms with Gasteiger partial charge in [-0.2, -0.15) is 0 Å². The van der Waals surface area contributed by atoms with Gasteiger partial charge in [0.15, 0.2) is 0 Å². The standard InChI is InChI=1S/C17H28O2/c1-14(2,3)12-8-10-17(11-9-13(18)19-17)16(12,7)15(4,5)6/h9,11-12H,8,10H2,1-7H3/t12?,16-,17-/m1/s1. The third-order valence-electron chi connectivity index (χ3n) is 5.76. The van der Waals surface area contributed by atoms with Crippen LogP contribution in [-0.4, -0.2) is 11.6 Å². The molecule has 1 aliphatic carbocycles. The summed E-state index contributed by atoms with van der Waals surface area (Å²) in [7, 11) is 0. The highest BCUT2D eigenvalue weighted by Crippen LogP contribution is 2.66. The van der Waals surface area contributed by atoms with Crippen molar-refractivity contribution in [3.05, 3.63) is 12.2 Å². The molecule has 0 aromatic heterocycles. The smallest absolute Gasteiger partial charge is 0.331 e. The quantitative estimate of drug-likeness (QED) is 0.608. The van der Waals surface area contributed by atoms with Gasteiger partial charge in [-0.15, -0.1) is 0 Å². The van der Waals surface area contributed by atoms with Gasteiger partial charge in [-0.05, 0) is 35.7 Å². The van der Waals surface area contributed by atoms with E-state index in [9.17, 15) is 4.79 Å². The lowest BCUT2D eigenvalue weighted by Gasteiger charge is -2.54. The van der Waals surface area contributed by atoms with Gasteiger partial charge in [0.25, 0.3) is 0 Å². The van der Waals surface area contributed by atoms with Crippen molar-refractivity contribution in [3.63, 3.8) is 0 Å². The van der Waals surface area contributed by atoms with Gasteiger partial charge in [0.05, 0.1) is 0 Å². The predicted octanol–water partition coefficient (Wildman–Crippen LogP) is 4.35. The van der Waals surface area contributed by atoms with Gasteiger partial charge in [-0.1, -0.05) is 48.5 Å². The number of rotatable bonds is 0. The summed E-state index contributed by atoms with van der Waals surface area (Å²) in [4.78, 5) is 11.7. The Hall–Kier alpha value is -0.790. The molecule has 3 atom stereocenters. The van der Waals surface area contributed by atoms with E-state index < -0.39 is 5.60 Å². The Balaban J connectivity index is 2.55. The van der Waals surface area contributed by atoms with Gasteiger partial charge in [0.1, 0.15) is 5.60 Å². The number of hydrogen-bond acceptors (Lipinski definition) is 2. The highest BCUT2D eigenvalue weighted by Gasteiger charge is 2.66. The van der Waals surface area contributed by atoms with Gasteiger partial charge < -0.3 is 4.74 Å². The summed E-state index contributed by atoms with van der Waals surface area (Å²) in [5, 5.41) is 0. The van der Waals surface area contributed by atoms with Crippen molar-refractivity contribution in [3.8, 4) is 0 Å². The fourth-order valence-corrected chi connectivity index (χ4v) is 4.52. The van der Waals surface area contributed by atoms with Crippen LogP contribution in [0.25, 0.3) is 0 Å². The highest BCUT2D eigenvalue weighted by molar-refractivity contribution is 5.85. The summed E-state index contributed by atoms with van der Waals surface area (Å²) >= 11 is 0. The molecule has 1 unspecified atom stereocenters. The first-order valence-corrected chi connectivity index (χ1v) is 7.36. The molecule has 0 radical (unpaired) electrons. The van der Waals surface area contributed by atoms with E-state index in [1.807, 2.05) is 6.08 Å². The molecule has 19 heavy (non-hydrogen) atoms. The Bertz CT molecular complexity index is 422. The van der Waals surface area contributed by atoms with Crippen LogP contribution in [0.5, 0.6) is 0 Å². The fourth-order valence-electron chi connectivity index (χ4n) is 4.52. The third-order valence-corrected chi connectivity index (χ3v) is 5.76. The molecule has 1 fully saturated rings. The molecule has 0 bridgehead atoms. The summed E-state index contributed by atoms with van der Waals surface area (Å²) in [5.41, 5.74) is -0.147. The zero-order valence-corrected chi connectivity index (χ0v) is 13.5. The van der Waals surface area contributed by atoms with Crippen LogP contribution in [0.3, 0.4) is 0 Å². The maximum absolute atomic E-state index is 11.7. The van der Waals surface area contributed by atoms with Gasteiger partial charge in [-0.3, -0.25) is 0 Å². The monoisotopic (exact) mass is 264 g/mol. The van der Waals surface area contributed by atoms with Crippen LogP contribution in [0.2, 0.25) is 0 Å². The Labute approximate surface area is 117 Å². The van der Waals surface area contributed by atoms with Gasteiger partial charge >= 0.3 is 5.97 Å². The van der Waals surface area contributed by atoms with Crippen LogP contribution < -0.4 is 0 Å². The van der Waals surface area contributed by atoms with Crippen LogP contribution in [-0.2, 0) is 9.53 Å². The van der Waals surface area contributed by atoms with Crippen molar-refractivity contribution in [1.82, 2.24) is 0 Å². The van der Waals surface area contributed by atoms with E-state index >= 15 is 0 Å². The molecule has 0 amide bonds. The summed E-state index contributed by atoms with van der Waals surface area (Å²) < 4.78 is 5.83. The summed E-state index contributed by atoms with van der Waals surface area (Å²) in [6.45, 7) is 16.1. The molecule has 108 valence electrons. The number of ether oxygens (including phenoxy) is 1. The zero-order chi connectivity index (χ0) is 14.7. The van der Waals surface area contributed by atoms with E-state index in [1.54, 1.807) is 6.08 Å². The van der Waals surface area contributed by atoms with Crippen molar-refractivity contribution < 1.29 is 9.53 Å². The van der Waals surface area contributed by atoms with Crippen LogP contribution in [0.15, 0.2) is 12.2 Å². The first-order chi connectivity index (χ1) is 8.44. The van der Waals surface area contributed by atoms with Crippen molar-refractivity contribution >= 4 is 5.97 Å². The number of hydrogen-bond donors (Lipinski definition) is 0. The van der Waals surface area contributed by atoms with E-state index in [0.29, 0.717) is 5.92 Å². The van der Waals surface area contributed by atoms with E-state index in [0.717, 1.165) is 12.8 Å². The molecule has 1 heterocycles. The minimum Gasteiger partial charge on any atom is -0.451 e. The second kappa shape index (κ2) is 3.86. The third kappa shape index (κ3) is 1.86. The lowest BCUT2D eigenvalue weighted by molar-refractivity contribution is -0.169. The van der Waals surface area contributed by atoms with Gasteiger partial charge in [0.2, 0.25) is 0 Å². The Morgan fingerprint density at radius 3 is 2.16 bits per heavy atom. The SMILES string of the molecule is CC(C)(C)C1CC[C@@]2(C=CC(=O)O2)[C@@]1(C)C(C)(C)C. The van der Waals surface area contributed by atoms with Crippen LogP contribution >= 0.6 is 0 Å². The molecular weight excluding hydrogens is 236 g/mol. The molecule has 0 aromatic carbocycles. The lowest BCUT2D eigenvalue weighted by Crippen LogP contribution is -2.55. The summed E-state index contributed by atoms with van der Waals surface area (Å²) in [6, 6.07) is 0. The van der Waals surface area contributed by atoms with E-state index in [-0.39, 0.29) is 22.2 Å². The topological polar surface area (TPSA) is 26.3 Å². The molecule has 2 rings (SSSR count). The van der Waals surface area contributed by atoms with Crippen LogP contribution in [0.4, 0.5) is 0 Å². The first kappa shape index (κ1) is 14.6. The molecule has 0 saturated heterocycles. The average Bonchev–Trinajstić information content (AvgIpc) is 2.70. The van der Waals surface area contributed by atoms with Crippen molar-refractivity contribution in [2.45, 2.75) is 66.9 Å². The molecule has 2 heteroatoms. The van der Waals surface area contributed by atoms with Crippen molar-refractivity contribution in [2.75, 3.05) is 0 Å². The van der Waals surface area contributed by atoms with Crippen molar-refractivity contribution in [1.29, 1.82) is 0 Å². The number of esters is 1. The highest BCUT2D eigenvalue weighted by atomic mass is 16.6. The molecule has 1 spiro atoms. The molecule has 1 aliphatic heterocycles. The maximum atomic E-state index is 11.7. The van der Waals surface area contributed by atoms with E-state index in [4.69, 9.17) is 4.74 Å². The Kier molecular flexibility index (Phi) is 2.97. The zero-order valence-electron chi connectivity index (χ0n) is 13.5. The second-order valence-electron chi connectivity index (χ2n) is 8.55. The Morgan fingerprint density at radius 2 is 1.79 bits per heavy atom. The fraction of sp³-hybridized carbons (Fsp3) is 0.824. The van der Waals surface area contributed by atoms with Crippen molar-refractivity contribution in [2.24, 2.45) is 22.2 Å². The number of carbonyl (C=O) groups excluding carboxylic acids is 1. The average molecular weight is 264 g/mol. The molecule has 2 aliphatic rings. The Morgan fingerprint density at radius 1 is 1.21 bits per heavy atom. The maximum Gasteiger partial charge on any atom is 0.331 e.